The van der Waals surface area contributed by atoms with Crippen LogP contribution in [0.1, 0.15) is 43.1 Å². The molecule has 1 N–H and O–H groups in total. The molecule has 0 saturated heterocycles. The molecule has 0 aliphatic heterocycles. The quantitative estimate of drug-likeness (QED) is 0.568. The van der Waals surface area contributed by atoms with Crippen LogP contribution in [0.2, 0.25) is 10.0 Å². The van der Waals surface area contributed by atoms with Gasteiger partial charge in [-0.1, -0.05) is 49.1 Å². The van der Waals surface area contributed by atoms with E-state index in [4.69, 9.17) is 32.5 Å². The Balaban J connectivity index is 1.86. The Morgan fingerprint density at radius 2 is 1.79 bits per heavy atom. The maximum Gasteiger partial charge on any atom is 0.252 e. The second kappa shape index (κ2) is 8.43. The third-order valence-corrected chi connectivity index (χ3v) is 5.10. The van der Waals surface area contributed by atoms with Crippen molar-refractivity contribution < 1.29 is 14.1 Å². The van der Waals surface area contributed by atoms with Crippen molar-refractivity contribution in [3.05, 3.63) is 64.0 Å². The van der Waals surface area contributed by atoms with Crippen molar-refractivity contribution in [2.24, 2.45) is 5.41 Å². The highest BCUT2D eigenvalue weighted by Gasteiger charge is 2.33. The molecule has 0 spiro atoms. The predicted octanol–water partition coefficient (Wildman–Crippen LogP) is 5.57. The fourth-order valence-corrected chi connectivity index (χ4v) is 3.01. The Bertz CT molecular complexity index is 1010. The summed E-state index contributed by atoms with van der Waals surface area (Å²) < 4.78 is 10.7. The largest absolute Gasteiger partial charge is 0.497 e. The summed E-state index contributed by atoms with van der Waals surface area (Å²) >= 11 is 12.0. The third-order valence-electron chi connectivity index (χ3n) is 4.36. The van der Waals surface area contributed by atoms with E-state index in [0.717, 1.165) is 11.3 Å². The molecule has 0 bridgehead atoms. The number of benzene rings is 2. The van der Waals surface area contributed by atoms with Crippen LogP contribution >= 0.6 is 23.2 Å². The lowest BCUT2D eigenvalue weighted by Crippen LogP contribution is -2.36. The van der Waals surface area contributed by atoms with E-state index in [1.807, 2.05) is 45.0 Å². The van der Waals surface area contributed by atoms with Gasteiger partial charge in [0.25, 0.3) is 5.91 Å². The number of carbonyl (C=O) groups is 1. The summed E-state index contributed by atoms with van der Waals surface area (Å²) in [6.07, 6.45) is 0. The van der Waals surface area contributed by atoms with E-state index in [9.17, 15) is 4.79 Å². The zero-order chi connectivity index (χ0) is 21.2. The van der Waals surface area contributed by atoms with E-state index < -0.39 is 6.04 Å². The normalized spacial score (nSPS) is 12.5. The minimum atomic E-state index is -0.510. The van der Waals surface area contributed by atoms with Crippen molar-refractivity contribution in [1.29, 1.82) is 0 Å². The number of nitrogens with zero attached hydrogens (tertiary/aromatic N) is 2. The van der Waals surface area contributed by atoms with E-state index in [1.165, 1.54) is 6.07 Å². The zero-order valence-corrected chi connectivity index (χ0v) is 18.0. The smallest absolute Gasteiger partial charge is 0.252 e. The van der Waals surface area contributed by atoms with Gasteiger partial charge in [0.15, 0.2) is 0 Å². The molecule has 0 radical (unpaired) electrons. The van der Waals surface area contributed by atoms with Crippen LogP contribution in [0.3, 0.4) is 0 Å². The van der Waals surface area contributed by atoms with Gasteiger partial charge >= 0.3 is 0 Å². The van der Waals surface area contributed by atoms with E-state index in [0.29, 0.717) is 27.3 Å². The minimum absolute atomic E-state index is 0.311. The molecular formula is C21H21Cl2N3O3. The average molecular weight is 434 g/mol. The zero-order valence-electron chi connectivity index (χ0n) is 16.5. The summed E-state index contributed by atoms with van der Waals surface area (Å²) in [5.74, 6) is 1.17. The lowest BCUT2D eigenvalue weighted by Gasteiger charge is -2.28. The highest BCUT2D eigenvalue weighted by Crippen LogP contribution is 2.33. The molecule has 152 valence electrons. The van der Waals surface area contributed by atoms with Gasteiger partial charge < -0.3 is 14.6 Å². The van der Waals surface area contributed by atoms with Crippen molar-refractivity contribution in [3.63, 3.8) is 0 Å². The first kappa shape index (κ1) is 21.1. The molecule has 0 fully saturated rings. The number of ether oxygens (including phenoxy) is 1. The summed E-state index contributed by atoms with van der Waals surface area (Å²) in [6, 6.07) is 11.5. The van der Waals surface area contributed by atoms with Crippen LogP contribution < -0.4 is 10.1 Å². The van der Waals surface area contributed by atoms with Gasteiger partial charge in [0, 0.05) is 11.1 Å². The first-order chi connectivity index (χ1) is 13.7. The monoisotopic (exact) mass is 433 g/mol. The van der Waals surface area contributed by atoms with Crippen LogP contribution in [0.4, 0.5) is 0 Å². The molecular weight excluding hydrogens is 413 g/mol. The van der Waals surface area contributed by atoms with Gasteiger partial charge in [-0.2, -0.15) is 4.98 Å². The molecule has 8 heteroatoms. The van der Waals surface area contributed by atoms with Gasteiger partial charge in [-0.15, -0.1) is 0 Å². The number of carbonyl (C=O) groups excluding carboxylic acids is 1. The number of aromatic nitrogens is 2. The van der Waals surface area contributed by atoms with Crippen molar-refractivity contribution >= 4 is 29.1 Å². The summed E-state index contributed by atoms with van der Waals surface area (Å²) in [6.45, 7) is 5.93. The van der Waals surface area contributed by atoms with Crippen molar-refractivity contribution in [2.45, 2.75) is 26.8 Å². The van der Waals surface area contributed by atoms with Crippen LogP contribution in [0.5, 0.6) is 5.75 Å². The fourth-order valence-electron chi connectivity index (χ4n) is 2.71. The Morgan fingerprint density at radius 3 is 2.38 bits per heavy atom. The fraction of sp³-hybridized carbons (Fsp3) is 0.286. The number of nitrogens with one attached hydrogen (secondary N) is 1. The first-order valence-electron chi connectivity index (χ1n) is 8.93. The topological polar surface area (TPSA) is 77.3 Å². The lowest BCUT2D eigenvalue weighted by molar-refractivity contribution is 0.0881. The van der Waals surface area contributed by atoms with Crippen LogP contribution in [0, 0.1) is 5.41 Å². The molecule has 1 atom stereocenters. The summed E-state index contributed by atoms with van der Waals surface area (Å²) in [7, 11) is 1.60. The van der Waals surface area contributed by atoms with Crippen molar-refractivity contribution in [3.8, 4) is 17.1 Å². The Labute approximate surface area is 179 Å². The lowest BCUT2D eigenvalue weighted by atomic mass is 9.86. The Hall–Kier alpha value is -2.57. The molecule has 0 aliphatic carbocycles. The van der Waals surface area contributed by atoms with Gasteiger partial charge in [0.05, 0.1) is 17.2 Å². The third kappa shape index (κ3) is 4.89. The molecule has 1 heterocycles. The molecule has 1 amide bonds. The van der Waals surface area contributed by atoms with Crippen molar-refractivity contribution in [2.75, 3.05) is 7.11 Å². The molecule has 1 aromatic heterocycles. The number of hydrogen-bond donors (Lipinski definition) is 1. The Kier molecular flexibility index (Phi) is 6.15. The summed E-state index contributed by atoms with van der Waals surface area (Å²) in [5, 5.41) is 7.72. The minimum Gasteiger partial charge on any atom is -0.497 e. The summed E-state index contributed by atoms with van der Waals surface area (Å²) in [4.78, 5) is 17.3. The molecule has 6 nitrogen and oxygen atoms in total. The number of methoxy groups -OCH3 is 1. The van der Waals surface area contributed by atoms with Crippen LogP contribution in [-0.2, 0) is 0 Å². The molecule has 0 aliphatic rings. The molecule has 0 saturated carbocycles. The van der Waals surface area contributed by atoms with Gasteiger partial charge in [-0.25, -0.2) is 0 Å². The first-order valence-corrected chi connectivity index (χ1v) is 9.68. The second-order valence-corrected chi connectivity index (χ2v) is 8.40. The number of halogens is 2. The maximum absolute atomic E-state index is 12.8. The highest BCUT2D eigenvalue weighted by molar-refractivity contribution is 6.42. The van der Waals surface area contributed by atoms with E-state index in [-0.39, 0.29) is 11.3 Å². The van der Waals surface area contributed by atoms with E-state index in [2.05, 4.69) is 15.5 Å². The van der Waals surface area contributed by atoms with Crippen LogP contribution in [0.25, 0.3) is 11.4 Å². The average Bonchev–Trinajstić information content (AvgIpc) is 3.16. The highest BCUT2D eigenvalue weighted by atomic mass is 35.5. The second-order valence-electron chi connectivity index (χ2n) is 7.59. The van der Waals surface area contributed by atoms with Gasteiger partial charge in [0.1, 0.15) is 11.8 Å². The molecule has 2 aromatic carbocycles. The number of amides is 1. The molecule has 0 unspecified atom stereocenters. The van der Waals surface area contributed by atoms with Crippen LogP contribution in [-0.4, -0.2) is 23.2 Å². The van der Waals surface area contributed by atoms with Gasteiger partial charge in [-0.05, 0) is 47.9 Å². The predicted molar refractivity (Wildman–Crippen MR) is 112 cm³/mol. The van der Waals surface area contributed by atoms with Crippen molar-refractivity contribution in [1.82, 2.24) is 15.5 Å². The van der Waals surface area contributed by atoms with E-state index >= 15 is 0 Å². The summed E-state index contributed by atoms with van der Waals surface area (Å²) in [5.41, 5.74) is 0.795. The molecule has 3 aromatic rings. The number of hydrogen-bond acceptors (Lipinski definition) is 5. The number of rotatable bonds is 5. The van der Waals surface area contributed by atoms with Crippen LogP contribution in [0.15, 0.2) is 47.0 Å². The standard InChI is InChI=1S/C21H21Cl2N3O3/c1-21(2,3)17(24-19(27)13-7-10-15(22)16(23)11-13)20-25-18(26-29-20)12-5-8-14(28-4)9-6-12/h5-11,17H,1-4H3,(H,24,27)/t17-/m0/s1. The maximum atomic E-state index is 12.8. The molecule has 29 heavy (non-hydrogen) atoms. The van der Waals surface area contributed by atoms with Gasteiger partial charge in [0.2, 0.25) is 11.7 Å². The van der Waals surface area contributed by atoms with Gasteiger partial charge in [-0.3, -0.25) is 4.79 Å². The SMILES string of the molecule is COc1ccc(-c2noc([C@H](NC(=O)c3ccc(Cl)c(Cl)c3)C(C)(C)C)n2)cc1. The molecule has 3 rings (SSSR count). The Morgan fingerprint density at radius 1 is 1.10 bits per heavy atom. The van der Waals surface area contributed by atoms with E-state index in [1.54, 1.807) is 19.2 Å².